The van der Waals surface area contributed by atoms with E-state index in [4.69, 9.17) is 16.6 Å². The average Bonchev–Trinajstić information content (AvgIpc) is 3.06. The van der Waals surface area contributed by atoms with Crippen molar-refractivity contribution in [2.24, 2.45) is 0 Å². The molecule has 1 aromatic heterocycles. The van der Waals surface area contributed by atoms with Crippen LogP contribution in [-0.4, -0.2) is 42.0 Å². The normalized spacial score (nSPS) is 14.8. The van der Waals surface area contributed by atoms with Crippen molar-refractivity contribution in [3.05, 3.63) is 57.9 Å². The fourth-order valence-corrected chi connectivity index (χ4v) is 4.87. The van der Waals surface area contributed by atoms with E-state index in [0.29, 0.717) is 31.7 Å². The van der Waals surface area contributed by atoms with Crippen LogP contribution in [0.3, 0.4) is 0 Å². The number of hydrogen-bond acceptors (Lipinski definition) is 4. The Morgan fingerprint density at radius 3 is 2.59 bits per heavy atom. The fraction of sp³-hybridized carbons (Fsp3) is 0.300. The number of nitrogens with zero attached hydrogens (tertiary/aromatic N) is 3. The van der Waals surface area contributed by atoms with Gasteiger partial charge in [0.15, 0.2) is 5.13 Å². The number of anilines is 1. The highest BCUT2D eigenvalue weighted by atomic mass is 35.5. The number of piperazine rings is 1. The number of aryl methyl sites for hydroxylation is 2. The quantitative estimate of drug-likeness (QED) is 0.624. The summed E-state index contributed by atoms with van der Waals surface area (Å²) in [6, 6.07) is 8.21. The molecule has 0 atom stereocenters. The van der Waals surface area contributed by atoms with Gasteiger partial charge in [-0.2, -0.15) is 0 Å². The highest BCUT2D eigenvalue weighted by Gasteiger charge is 2.25. The molecule has 1 aliphatic rings. The Balaban J connectivity index is 1.49. The lowest BCUT2D eigenvalue weighted by molar-refractivity contribution is 0.0747. The first-order chi connectivity index (χ1) is 12.9. The van der Waals surface area contributed by atoms with Crippen LogP contribution in [0.1, 0.15) is 21.5 Å². The van der Waals surface area contributed by atoms with E-state index in [2.05, 4.69) is 30.9 Å². The van der Waals surface area contributed by atoms with Gasteiger partial charge in [-0.25, -0.2) is 9.37 Å². The van der Waals surface area contributed by atoms with Crippen LogP contribution in [0, 0.1) is 19.7 Å². The van der Waals surface area contributed by atoms with Crippen LogP contribution in [-0.2, 0) is 0 Å². The maximum atomic E-state index is 13.2. The van der Waals surface area contributed by atoms with E-state index in [0.717, 1.165) is 10.6 Å². The van der Waals surface area contributed by atoms with Crippen molar-refractivity contribution in [2.45, 2.75) is 13.8 Å². The molecule has 0 radical (unpaired) electrons. The van der Waals surface area contributed by atoms with Gasteiger partial charge in [-0.15, -0.1) is 0 Å². The maximum absolute atomic E-state index is 13.2. The summed E-state index contributed by atoms with van der Waals surface area (Å²) in [5, 5.41) is 1.14. The van der Waals surface area contributed by atoms with Crippen LogP contribution in [0.4, 0.5) is 9.52 Å². The van der Waals surface area contributed by atoms with Crippen molar-refractivity contribution in [1.82, 2.24) is 9.88 Å². The van der Waals surface area contributed by atoms with E-state index in [1.54, 1.807) is 16.2 Å². The first-order valence-corrected chi connectivity index (χ1v) is 9.99. The summed E-state index contributed by atoms with van der Waals surface area (Å²) in [6.07, 6.45) is 0. The Hall–Kier alpha value is -2.18. The molecule has 1 amide bonds. The van der Waals surface area contributed by atoms with Gasteiger partial charge in [0.2, 0.25) is 0 Å². The summed E-state index contributed by atoms with van der Waals surface area (Å²) in [7, 11) is 0. The minimum absolute atomic E-state index is 0.152. The molecule has 1 aliphatic heterocycles. The Morgan fingerprint density at radius 1 is 1.15 bits per heavy atom. The first-order valence-electron chi connectivity index (χ1n) is 8.79. The number of carbonyl (C=O) groups excluding carboxylic acids is 1. The minimum atomic E-state index is -0.442. The van der Waals surface area contributed by atoms with Crippen molar-refractivity contribution >= 4 is 44.2 Å². The molecule has 140 valence electrons. The molecule has 2 heterocycles. The molecule has 1 fully saturated rings. The monoisotopic (exact) mass is 403 g/mol. The van der Waals surface area contributed by atoms with Crippen LogP contribution in [0.25, 0.3) is 10.2 Å². The van der Waals surface area contributed by atoms with Gasteiger partial charge in [-0.1, -0.05) is 29.0 Å². The molecule has 0 aliphatic carbocycles. The van der Waals surface area contributed by atoms with Crippen LogP contribution < -0.4 is 4.90 Å². The summed E-state index contributed by atoms with van der Waals surface area (Å²) in [4.78, 5) is 21.5. The Morgan fingerprint density at radius 2 is 1.89 bits per heavy atom. The highest BCUT2D eigenvalue weighted by Crippen LogP contribution is 2.32. The average molecular weight is 404 g/mol. The van der Waals surface area contributed by atoms with Gasteiger partial charge >= 0.3 is 0 Å². The zero-order chi connectivity index (χ0) is 19.1. The second-order valence-corrected chi connectivity index (χ2v) is 8.24. The molecular formula is C20H19ClFN3OS. The summed E-state index contributed by atoms with van der Waals surface area (Å²) in [5.41, 5.74) is 3.82. The number of hydrogen-bond donors (Lipinski definition) is 0. The molecule has 1 saturated heterocycles. The van der Waals surface area contributed by atoms with Crippen molar-refractivity contribution in [3.8, 4) is 0 Å². The van der Waals surface area contributed by atoms with Crippen LogP contribution in [0.2, 0.25) is 5.02 Å². The van der Waals surface area contributed by atoms with Crippen molar-refractivity contribution in [3.63, 3.8) is 0 Å². The zero-order valence-electron chi connectivity index (χ0n) is 15.1. The first kappa shape index (κ1) is 18.2. The number of benzene rings is 2. The molecule has 0 unspecified atom stereocenters. The Kier molecular flexibility index (Phi) is 4.78. The predicted molar refractivity (Wildman–Crippen MR) is 109 cm³/mol. The molecule has 4 rings (SSSR count). The van der Waals surface area contributed by atoms with Crippen LogP contribution >= 0.6 is 22.9 Å². The second-order valence-electron chi connectivity index (χ2n) is 6.83. The summed E-state index contributed by atoms with van der Waals surface area (Å²) in [5.74, 6) is -0.599. The predicted octanol–water partition coefficient (Wildman–Crippen LogP) is 4.67. The van der Waals surface area contributed by atoms with E-state index in [9.17, 15) is 9.18 Å². The topological polar surface area (TPSA) is 36.4 Å². The van der Waals surface area contributed by atoms with Gasteiger partial charge in [-0.3, -0.25) is 4.79 Å². The number of carbonyl (C=O) groups is 1. The van der Waals surface area contributed by atoms with Crippen LogP contribution in [0.5, 0.6) is 0 Å². The smallest absolute Gasteiger partial charge is 0.255 e. The van der Waals surface area contributed by atoms with Crippen LogP contribution in [0.15, 0.2) is 30.3 Å². The van der Waals surface area contributed by atoms with E-state index in [1.807, 2.05) is 0 Å². The largest absolute Gasteiger partial charge is 0.345 e. The lowest BCUT2D eigenvalue weighted by atomic mass is 10.1. The highest BCUT2D eigenvalue weighted by molar-refractivity contribution is 7.22. The summed E-state index contributed by atoms with van der Waals surface area (Å²) < 4.78 is 14.4. The van der Waals surface area contributed by atoms with E-state index < -0.39 is 5.82 Å². The molecular weight excluding hydrogens is 385 g/mol. The molecule has 2 aromatic carbocycles. The number of aromatic nitrogens is 1. The van der Waals surface area contributed by atoms with Gasteiger partial charge in [0.05, 0.1) is 20.8 Å². The molecule has 4 nitrogen and oxygen atoms in total. The Labute approximate surface area is 166 Å². The third-order valence-corrected chi connectivity index (χ3v) is 6.19. The molecule has 0 spiro atoms. The van der Waals surface area contributed by atoms with Crippen molar-refractivity contribution in [2.75, 3.05) is 31.1 Å². The van der Waals surface area contributed by atoms with E-state index in [1.165, 1.54) is 34.0 Å². The molecule has 0 bridgehead atoms. The number of halogens is 2. The Bertz CT molecular complexity index is 1030. The number of amides is 1. The molecule has 0 N–H and O–H groups in total. The van der Waals surface area contributed by atoms with Crippen molar-refractivity contribution in [1.29, 1.82) is 0 Å². The van der Waals surface area contributed by atoms with E-state index in [-0.39, 0.29) is 10.9 Å². The van der Waals surface area contributed by atoms with Crippen molar-refractivity contribution < 1.29 is 9.18 Å². The SMILES string of the molecule is Cc1cc(C)c2nc(N3CCN(C(=O)c4ccc(F)cc4Cl)CC3)sc2c1. The lowest BCUT2D eigenvalue weighted by Gasteiger charge is -2.34. The molecule has 0 saturated carbocycles. The van der Waals surface area contributed by atoms with Gasteiger partial charge in [0.1, 0.15) is 5.82 Å². The number of thiazole rings is 1. The fourth-order valence-electron chi connectivity index (χ4n) is 3.43. The third kappa shape index (κ3) is 3.51. The van der Waals surface area contributed by atoms with E-state index >= 15 is 0 Å². The molecule has 27 heavy (non-hydrogen) atoms. The summed E-state index contributed by atoms with van der Waals surface area (Å²) >= 11 is 7.73. The third-order valence-electron chi connectivity index (χ3n) is 4.82. The minimum Gasteiger partial charge on any atom is -0.345 e. The second kappa shape index (κ2) is 7.09. The maximum Gasteiger partial charge on any atom is 0.255 e. The van der Waals surface area contributed by atoms with Gasteiger partial charge in [0.25, 0.3) is 5.91 Å². The molecule has 3 aromatic rings. The molecule has 7 heteroatoms. The summed E-state index contributed by atoms with van der Waals surface area (Å²) in [6.45, 7) is 6.77. The lowest BCUT2D eigenvalue weighted by Crippen LogP contribution is -2.48. The van der Waals surface area contributed by atoms with Gasteiger partial charge in [-0.05, 0) is 49.2 Å². The van der Waals surface area contributed by atoms with Gasteiger partial charge in [0, 0.05) is 26.2 Å². The zero-order valence-corrected chi connectivity index (χ0v) is 16.7. The number of rotatable bonds is 2. The van der Waals surface area contributed by atoms with Gasteiger partial charge < -0.3 is 9.80 Å². The number of fused-ring (bicyclic) bond motifs is 1. The standard InChI is InChI=1S/C20H19ClFN3OS/c1-12-9-13(2)18-17(10-12)27-20(23-18)25-7-5-24(6-8-25)19(26)15-4-3-14(22)11-16(15)21/h3-4,9-11H,5-8H2,1-2H3.